The highest BCUT2D eigenvalue weighted by Gasteiger charge is 2.47. The standard InChI is InChI=1S/C25H29F4N3O4/c1-13(2)36-23(34)18-17(9-10-35-6)32(22(33)15-7-8-16(26)14(3)11-15)12-24(4,5)19-20(18)30-31-21(19)25(27,28)29/h7-8,11,13H,9-10,12H2,1-6H3,(H,30,31). The van der Waals surface area contributed by atoms with Gasteiger partial charge in [0.1, 0.15) is 22.8 Å². The lowest BCUT2D eigenvalue weighted by molar-refractivity contribution is -0.142. The van der Waals surface area contributed by atoms with Gasteiger partial charge in [-0.1, -0.05) is 13.8 Å². The zero-order chi connectivity index (χ0) is 27.0. The van der Waals surface area contributed by atoms with Crippen LogP contribution in [0.4, 0.5) is 17.6 Å². The summed E-state index contributed by atoms with van der Waals surface area (Å²) in [6.45, 7) is 7.63. The van der Waals surface area contributed by atoms with Gasteiger partial charge >= 0.3 is 12.1 Å². The summed E-state index contributed by atoms with van der Waals surface area (Å²) >= 11 is 0. The van der Waals surface area contributed by atoms with Crippen molar-refractivity contribution < 1.29 is 36.6 Å². The number of aromatic nitrogens is 2. The summed E-state index contributed by atoms with van der Waals surface area (Å²) < 4.78 is 66.4. The number of benzene rings is 1. The number of carbonyl (C=O) groups excluding carboxylic acids is 2. The van der Waals surface area contributed by atoms with E-state index in [1.165, 1.54) is 44.9 Å². The number of rotatable bonds is 6. The van der Waals surface area contributed by atoms with Gasteiger partial charge in [0.15, 0.2) is 0 Å². The van der Waals surface area contributed by atoms with Gasteiger partial charge in [-0.3, -0.25) is 9.89 Å². The van der Waals surface area contributed by atoms with Gasteiger partial charge in [-0.15, -0.1) is 0 Å². The van der Waals surface area contributed by atoms with Crippen LogP contribution in [0.5, 0.6) is 0 Å². The zero-order valence-corrected chi connectivity index (χ0v) is 21.0. The van der Waals surface area contributed by atoms with Crippen LogP contribution < -0.4 is 0 Å². The summed E-state index contributed by atoms with van der Waals surface area (Å²) in [6.07, 6.45) is -5.36. The lowest BCUT2D eigenvalue weighted by Crippen LogP contribution is -2.40. The number of alkyl halides is 3. The number of aromatic amines is 1. The van der Waals surface area contributed by atoms with E-state index >= 15 is 0 Å². The van der Waals surface area contributed by atoms with Crippen molar-refractivity contribution in [3.63, 3.8) is 0 Å². The summed E-state index contributed by atoms with van der Waals surface area (Å²) in [7, 11) is 1.42. The van der Waals surface area contributed by atoms with E-state index in [4.69, 9.17) is 9.47 Å². The molecule has 0 aliphatic carbocycles. The molecule has 0 spiro atoms. The summed E-state index contributed by atoms with van der Waals surface area (Å²) in [5, 5.41) is 5.96. The van der Waals surface area contributed by atoms with E-state index < -0.39 is 41.1 Å². The monoisotopic (exact) mass is 511 g/mol. The molecule has 2 aromatic rings. The number of ether oxygens (including phenoxy) is 2. The Bertz CT molecular complexity index is 1200. The number of hydrogen-bond acceptors (Lipinski definition) is 5. The second-order valence-electron chi connectivity index (χ2n) is 9.58. The molecule has 0 bridgehead atoms. The maximum absolute atomic E-state index is 14.0. The van der Waals surface area contributed by atoms with Crippen LogP contribution in [0.1, 0.15) is 67.0 Å². The van der Waals surface area contributed by atoms with Crippen molar-refractivity contribution in [1.82, 2.24) is 15.1 Å². The molecule has 1 aliphatic heterocycles. The molecule has 1 amide bonds. The predicted octanol–water partition coefficient (Wildman–Crippen LogP) is 5.01. The second kappa shape index (κ2) is 10.0. The fourth-order valence-electron chi connectivity index (χ4n) is 4.30. The first-order valence-corrected chi connectivity index (χ1v) is 11.4. The van der Waals surface area contributed by atoms with E-state index in [9.17, 15) is 27.2 Å². The van der Waals surface area contributed by atoms with Crippen molar-refractivity contribution in [3.8, 4) is 0 Å². The Morgan fingerprint density at radius 1 is 1.25 bits per heavy atom. The molecular weight excluding hydrogens is 482 g/mol. The Morgan fingerprint density at radius 3 is 2.47 bits per heavy atom. The first kappa shape index (κ1) is 27.4. The minimum Gasteiger partial charge on any atom is -0.459 e. The Hall–Kier alpha value is -3.21. The highest BCUT2D eigenvalue weighted by atomic mass is 19.4. The average molecular weight is 512 g/mol. The molecule has 196 valence electrons. The van der Waals surface area contributed by atoms with Crippen LogP contribution in [0.25, 0.3) is 5.57 Å². The molecule has 0 atom stereocenters. The number of aryl methyl sites for hydroxylation is 1. The molecule has 7 nitrogen and oxygen atoms in total. The summed E-state index contributed by atoms with van der Waals surface area (Å²) in [4.78, 5) is 28.3. The van der Waals surface area contributed by atoms with Gasteiger partial charge in [0, 0.05) is 42.3 Å². The normalized spacial score (nSPS) is 15.7. The van der Waals surface area contributed by atoms with Gasteiger partial charge in [0.05, 0.1) is 12.7 Å². The second-order valence-corrected chi connectivity index (χ2v) is 9.58. The number of H-pyrrole nitrogens is 1. The van der Waals surface area contributed by atoms with Crippen molar-refractivity contribution in [2.24, 2.45) is 0 Å². The Kier molecular flexibility index (Phi) is 7.64. The van der Waals surface area contributed by atoms with Crippen LogP contribution in [-0.2, 0) is 25.9 Å². The molecule has 0 saturated heterocycles. The maximum Gasteiger partial charge on any atom is 0.433 e. The molecule has 11 heteroatoms. The quantitative estimate of drug-likeness (QED) is 0.436. The molecule has 36 heavy (non-hydrogen) atoms. The van der Waals surface area contributed by atoms with Crippen molar-refractivity contribution in [2.45, 2.75) is 58.7 Å². The summed E-state index contributed by atoms with van der Waals surface area (Å²) in [5.74, 6) is -2.02. The number of esters is 1. The van der Waals surface area contributed by atoms with Crippen LogP contribution in [-0.4, -0.2) is 53.3 Å². The van der Waals surface area contributed by atoms with Crippen LogP contribution >= 0.6 is 0 Å². The lowest BCUT2D eigenvalue weighted by atomic mass is 9.81. The first-order chi connectivity index (χ1) is 16.7. The Labute approximate surface area is 206 Å². The van der Waals surface area contributed by atoms with Gasteiger partial charge in [-0.25, -0.2) is 9.18 Å². The lowest BCUT2D eigenvalue weighted by Gasteiger charge is -2.33. The third-order valence-electron chi connectivity index (χ3n) is 5.87. The molecule has 1 N–H and O–H groups in total. The third-order valence-corrected chi connectivity index (χ3v) is 5.87. The van der Waals surface area contributed by atoms with Gasteiger partial charge < -0.3 is 14.4 Å². The van der Waals surface area contributed by atoms with Crippen LogP contribution in [0.3, 0.4) is 0 Å². The van der Waals surface area contributed by atoms with Crippen LogP contribution in [0, 0.1) is 12.7 Å². The minimum atomic E-state index is -4.79. The van der Waals surface area contributed by atoms with E-state index in [0.29, 0.717) is 0 Å². The molecule has 2 heterocycles. The van der Waals surface area contributed by atoms with E-state index in [1.54, 1.807) is 13.8 Å². The molecule has 3 rings (SSSR count). The van der Waals surface area contributed by atoms with Gasteiger partial charge in [0.2, 0.25) is 0 Å². The number of hydrogen-bond donors (Lipinski definition) is 1. The third kappa shape index (κ3) is 5.30. The van der Waals surface area contributed by atoms with Crippen molar-refractivity contribution in [3.05, 3.63) is 57.8 Å². The summed E-state index contributed by atoms with van der Waals surface area (Å²) in [6, 6.07) is 3.80. The number of nitrogens with one attached hydrogen (secondary N) is 1. The topological polar surface area (TPSA) is 84.5 Å². The molecule has 0 fully saturated rings. The fourth-order valence-corrected chi connectivity index (χ4v) is 4.30. The number of carbonyl (C=O) groups is 2. The van der Waals surface area contributed by atoms with E-state index in [0.717, 1.165) is 6.07 Å². The first-order valence-electron chi connectivity index (χ1n) is 11.4. The van der Waals surface area contributed by atoms with E-state index in [2.05, 4.69) is 10.2 Å². The Morgan fingerprint density at radius 2 is 1.92 bits per heavy atom. The number of fused-ring (bicyclic) bond motifs is 1. The number of methoxy groups -OCH3 is 1. The SMILES string of the molecule is COCCC1=C(C(=O)OC(C)C)c2n[nH]c(C(F)(F)F)c2C(C)(C)CN1C(=O)c1ccc(F)c(C)c1. The largest absolute Gasteiger partial charge is 0.459 e. The molecule has 0 saturated carbocycles. The predicted molar refractivity (Wildman–Crippen MR) is 123 cm³/mol. The average Bonchev–Trinajstić information content (AvgIpc) is 3.19. The van der Waals surface area contributed by atoms with Gasteiger partial charge in [-0.05, 0) is 44.5 Å². The molecule has 0 unspecified atom stereocenters. The fraction of sp³-hybridized carbons (Fsp3) is 0.480. The van der Waals surface area contributed by atoms with Crippen LogP contribution in [0.15, 0.2) is 23.9 Å². The van der Waals surface area contributed by atoms with Crippen molar-refractivity contribution in [1.29, 1.82) is 0 Å². The van der Waals surface area contributed by atoms with E-state index in [1.807, 2.05) is 0 Å². The van der Waals surface area contributed by atoms with Crippen LogP contribution in [0.2, 0.25) is 0 Å². The molecular formula is C25H29F4N3O4. The highest BCUT2D eigenvalue weighted by Crippen LogP contribution is 2.44. The van der Waals surface area contributed by atoms with Crippen molar-refractivity contribution in [2.75, 3.05) is 20.3 Å². The highest BCUT2D eigenvalue weighted by molar-refractivity contribution is 6.18. The smallest absolute Gasteiger partial charge is 0.433 e. The molecule has 1 aromatic heterocycles. The molecule has 1 aromatic carbocycles. The Balaban J connectivity index is 2.34. The molecule has 0 radical (unpaired) electrons. The minimum absolute atomic E-state index is 0.00861. The molecule has 1 aliphatic rings. The summed E-state index contributed by atoms with van der Waals surface area (Å²) in [5.41, 5.74) is -2.66. The van der Waals surface area contributed by atoms with Gasteiger partial charge in [0.25, 0.3) is 5.91 Å². The maximum atomic E-state index is 14.0. The zero-order valence-electron chi connectivity index (χ0n) is 21.0. The number of halogens is 4. The van der Waals surface area contributed by atoms with Gasteiger partial charge in [-0.2, -0.15) is 18.3 Å². The van der Waals surface area contributed by atoms with Crippen molar-refractivity contribution >= 4 is 17.4 Å². The number of nitrogens with zero attached hydrogens (tertiary/aromatic N) is 2. The number of amides is 1. The van der Waals surface area contributed by atoms with E-state index in [-0.39, 0.29) is 53.2 Å².